The third kappa shape index (κ3) is 6.40. The Morgan fingerprint density at radius 3 is 2.42 bits per heavy atom. The fourth-order valence-electron chi connectivity index (χ4n) is 12.0. The minimum absolute atomic E-state index is 0.0265. The Kier molecular flexibility index (Phi) is 8.92. The van der Waals surface area contributed by atoms with Crippen molar-refractivity contribution in [2.24, 2.45) is 16.7 Å². The van der Waals surface area contributed by atoms with Gasteiger partial charge in [0.15, 0.2) is 11.5 Å². The van der Waals surface area contributed by atoms with Gasteiger partial charge in [-0.25, -0.2) is 4.79 Å². The zero-order chi connectivity index (χ0) is 34.0. The van der Waals surface area contributed by atoms with Crippen molar-refractivity contribution in [3.63, 3.8) is 0 Å². The second-order valence-electron chi connectivity index (χ2n) is 18.6. The molecule has 0 radical (unpaired) electrons. The molecule has 7 atom stereocenters. The number of carbonyl (C=O) groups is 1. The van der Waals surface area contributed by atoms with Gasteiger partial charge in [-0.1, -0.05) is 57.7 Å². The Balaban J connectivity index is 0.908. The summed E-state index contributed by atoms with van der Waals surface area (Å²) in [5.74, 6) is 2.44. The predicted molar refractivity (Wildman–Crippen MR) is 190 cm³/mol. The van der Waals surface area contributed by atoms with Gasteiger partial charge in [-0.05, 0) is 120 Å². The van der Waals surface area contributed by atoms with E-state index >= 15 is 0 Å². The zero-order valence-corrected chi connectivity index (χ0v) is 30.7. The highest BCUT2D eigenvalue weighted by Crippen LogP contribution is 2.68. The molecule has 1 N–H and O–H groups in total. The third-order valence-electron chi connectivity index (χ3n) is 12.9. The maximum atomic E-state index is 13.8. The lowest BCUT2D eigenvalue weighted by molar-refractivity contribution is -0.157. The highest BCUT2D eigenvalue weighted by atomic mass is 16.6. The van der Waals surface area contributed by atoms with E-state index in [1.54, 1.807) is 7.11 Å². The standard InChI is InChI=1S/C41H62N2O5/c1-37(2,3)48-36(45)43(40-24-29-22-38(4,27-40)26-39(5,23-29)28-40)19-12-10-8-7-9-11-18-42-20-17-41-16-15-31(44)21-33(41)47-35-32(46-6)14-13-30(25-42)34(35)41/h13-16,29,31,33,44H,7-12,17-28H2,1-6H3/t29?,31-,33-,38-,39+,40?,41-/m0/s1. The summed E-state index contributed by atoms with van der Waals surface area (Å²) in [6.07, 6.45) is 19.8. The van der Waals surface area contributed by atoms with Gasteiger partial charge in [-0.2, -0.15) is 0 Å². The molecule has 4 saturated carbocycles. The van der Waals surface area contributed by atoms with Crippen molar-refractivity contribution in [3.8, 4) is 11.5 Å². The molecule has 8 rings (SSSR count). The van der Waals surface area contributed by atoms with Gasteiger partial charge in [-0.3, -0.25) is 4.90 Å². The maximum Gasteiger partial charge on any atom is 0.410 e. The molecule has 7 heteroatoms. The molecule has 1 amide bonds. The normalized spacial score (nSPS) is 36.3. The number of amides is 1. The molecule has 0 aromatic heterocycles. The summed E-state index contributed by atoms with van der Waals surface area (Å²) in [5, 5.41) is 10.4. The Labute approximate surface area is 289 Å². The van der Waals surface area contributed by atoms with E-state index in [1.807, 2.05) is 26.8 Å². The summed E-state index contributed by atoms with van der Waals surface area (Å²) in [6.45, 7) is 14.9. The van der Waals surface area contributed by atoms with Crippen LogP contribution >= 0.6 is 0 Å². The highest BCUT2D eigenvalue weighted by molar-refractivity contribution is 5.69. The number of hydrogen-bond donors (Lipinski definition) is 1. The molecular weight excluding hydrogens is 600 g/mol. The topological polar surface area (TPSA) is 71.5 Å². The van der Waals surface area contributed by atoms with Crippen LogP contribution in [0.2, 0.25) is 0 Å². The van der Waals surface area contributed by atoms with Crippen molar-refractivity contribution >= 4 is 6.09 Å². The first-order valence-corrected chi connectivity index (χ1v) is 19.2. The highest BCUT2D eigenvalue weighted by Gasteiger charge is 2.63. The van der Waals surface area contributed by atoms with E-state index in [9.17, 15) is 9.90 Å². The molecule has 48 heavy (non-hydrogen) atoms. The first-order chi connectivity index (χ1) is 22.7. The quantitative estimate of drug-likeness (QED) is 0.189. The fourth-order valence-corrected chi connectivity index (χ4v) is 12.0. The van der Waals surface area contributed by atoms with E-state index in [4.69, 9.17) is 14.2 Å². The first kappa shape index (κ1) is 34.2. The smallest absolute Gasteiger partial charge is 0.410 e. The molecule has 1 aromatic rings. The van der Waals surface area contributed by atoms with Crippen LogP contribution in [-0.4, -0.2) is 71.1 Å². The van der Waals surface area contributed by atoms with Crippen LogP contribution in [0.1, 0.15) is 136 Å². The average molecular weight is 663 g/mol. The van der Waals surface area contributed by atoms with Crippen LogP contribution in [0.5, 0.6) is 11.5 Å². The van der Waals surface area contributed by atoms with Gasteiger partial charge in [0, 0.05) is 30.6 Å². The Morgan fingerprint density at radius 2 is 1.73 bits per heavy atom. The fraction of sp³-hybridized carbons (Fsp3) is 0.780. The average Bonchev–Trinajstić information content (AvgIpc) is 3.21. The molecule has 7 nitrogen and oxygen atoms in total. The molecule has 4 fully saturated rings. The molecule has 4 bridgehead atoms. The molecule has 2 heterocycles. The lowest BCUT2D eigenvalue weighted by Crippen LogP contribution is -2.66. The van der Waals surface area contributed by atoms with E-state index in [0.29, 0.717) is 17.3 Å². The molecule has 1 spiro atoms. The van der Waals surface area contributed by atoms with Crippen LogP contribution in [-0.2, 0) is 16.7 Å². The number of aliphatic hydroxyl groups excluding tert-OH is 1. The van der Waals surface area contributed by atoms with Gasteiger partial charge in [0.1, 0.15) is 11.7 Å². The molecule has 0 saturated heterocycles. The summed E-state index contributed by atoms with van der Waals surface area (Å²) in [7, 11) is 1.71. The number of ether oxygens (including phenoxy) is 3. The number of methoxy groups -OCH3 is 1. The molecule has 2 unspecified atom stereocenters. The molecular formula is C41H62N2O5. The monoisotopic (exact) mass is 662 g/mol. The van der Waals surface area contributed by atoms with Crippen molar-refractivity contribution in [3.05, 3.63) is 35.4 Å². The van der Waals surface area contributed by atoms with E-state index in [-0.39, 0.29) is 23.2 Å². The lowest BCUT2D eigenvalue weighted by Gasteiger charge is -2.67. The summed E-state index contributed by atoms with van der Waals surface area (Å²) in [5.41, 5.74) is 2.67. The van der Waals surface area contributed by atoms with Crippen LogP contribution in [0.3, 0.4) is 0 Å². The molecule has 266 valence electrons. The van der Waals surface area contributed by atoms with Gasteiger partial charge in [0.2, 0.25) is 0 Å². The summed E-state index contributed by atoms with van der Waals surface area (Å²) in [6, 6.07) is 4.28. The summed E-state index contributed by atoms with van der Waals surface area (Å²) >= 11 is 0. The number of carbonyl (C=O) groups excluding carboxylic acids is 1. The van der Waals surface area contributed by atoms with Gasteiger partial charge in [0.05, 0.1) is 18.6 Å². The lowest BCUT2D eigenvalue weighted by atomic mass is 9.42. The van der Waals surface area contributed by atoms with Crippen molar-refractivity contribution in [2.45, 2.75) is 160 Å². The van der Waals surface area contributed by atoms with Crippen LogP contribution in [0, 0.1) is 16.7 Å². The predicted octanol–water partition coefficient (Wildman–Crippen LogP) is 8.55. The number of hydrogen-bond acceptors (Lipinski definition) is 6. The minimum Gasteiger partial charge on any atom is -0.493 e. The number of unbranched alkanes of at least 4 members (excludes halogenated alkanes) is 5. The van der Waals surface area contributed by atoms with E-state index in [0.717, 1.165) is 75.7 Å². The number of nitrogens with zero attached hydrogens (tertiary/aromatic N) is 2. The molecule has 2 aliphatic heterocycles. The molecule has 7 aliphatic rings. The van der Waals surface area contributed by atoms with Crippen LogP contribution in [0.4, 0.5) is 4.79 Å². The number of aliphatic hydroxyl groups is 1. The Hall–Kier alpha value is -2.25. The molecule has 5 aliphatic carbocycles. The molecule has 1 aromatic carbocycles. The van der Waals surface area contributed by atoms with Gasteiger partial charge in [0.25, 0.3) is 0 Å². The first-order valence-electron chi connectivity index (χ1n) is 19.2. The minimum atomic E-state index is -0.474. The maximum absolute atomic E-state index is 13.8. The van der Waals surface area contributed by atoms with Crippen LogP contribution < -0.4 is 9.47 Å². The second-order valence-corrected chi connectivity index (χ2v) is 18.6. The third-order valence-corrected chi connectivity index (χ3v) is 12.9. The Bertz CT molecular complexity index is 1380. The van der Waals surface area contributed by atoms with E-state index in [2.05, 4.69) is 41.9 Å². The van der Waals surface area contributed by atoms with Gasteiger partial charge >= 0.3 is 6.09 Å². The van der Waals surface area contributed by atoms with Crippen molar-refractivity contribution < 1.29 is 24.1 Å². The van der Waals surface area contributed by atoms with E-state index < -0.39 is 11.7 Å². The van der Waals surface area contributed by atoms with Crippen molar-refractivity contribution in [2.75, 3.05) is 26.7 Å². The second kappa shape index (κ2) is 12.5. The Morgan fingerprint density at radius 1 is 1.02 bits per heavy atom. The summed E-state index contributed by atoms with van der Waals surface area (Å²) in [4.78, 5) is 18.6. The van der Waals surface area contributed by atoms with Crippen molar-refractivity contribution in [1.29, 1.82) is 0 Å². The van der Waals surface area contributed by atoms with Crippen LogP contribution in [0.25, 0.3) is 0 Å². The van der Waals surface area contributed by atoms with Crippen LogP contribution in [0.15, 0.2) is 24.3 Å². The summed E-state index contributed by atoms with van der Waals surface area (Å²) < 4.78 is 18.3. The number of rotatable bonds is 11. The van der Waals surface area contributed by atoms with E-state index in [1.165, 1.54) is 62.5 Å². The zero-order valence-electron chi connectivity index (χ0n) is 30.7. The SMILES string of the molecule is COc1ccc2c3c1O[C@H]1C[C@@H](O)C=C[C@@]31CCN(CCCCCCCCN(C(=O)OC(C)(C)C)C13CC4C[C@@](C)(C1)C[C@](C)(C4)C3)C2. The largest absolute Gasteiger partial charge is 0.493 e. The van der Waals surface area contributed by atoms with Crippen molar-refractivity contribution in [1.82, 2.24) is 9.80 Å². The van der Waals surface area contributed by atoms with Gasteiger partial charge in [-0.15, -0.1) is 0 Å². The number of benzene rings is 1. The van der Waals surface area contributed by atoms with Gasteiger partial charge < -0.3 is 24.2 Å².